The van der Waals surface area contributed by atoms with Crippen LogP contribution >= 0.6 is 0 Å². The lowest BCUT2D eigenvalue weighted by atomic mass is 9.96. The number of benzene rings is 1. The normalized spacial score (nSPS) is 18.9. The minimum atomic E-state index is -0.757. The second-order valence-corrected chi connectivity index (χ2v) is 5.71. The number of likely N-dealkylation sites (tertiary alicyclic amines) is 1. The molecule has 1 aromatic carbocycles. The van der Waals surface area contributed by atoms with Gasteiger partial charge in [-0.05, 0) is 51.0 Å². The van der Waals surface area contributed by atoms with Crippen molar-refractivity contribution in [2.45, 2.75) is 18.8 Å². The Balaban J connectivity index is 1.80. The van der Waals surface area contributed by atoms with Gasteiger partial charge in [-0.15, -0.1) is 0 Å². The summed E-state index contributed by atoms with van der Waals surface area (Å²) >= 11 is 0. The topological polar surface area (TPSA) is 52.6 Å². The van der Waals surface area contributed by atoms with Crippen molar-refractivity contribution in [3.05, 3.63) is 35.9 Å². The van der Waals surface area contributed by atoms with Crippen LogP contribution in [-0.2, 0) is 4.79 Å². The van der Waals surface area contributed by atoms with E-state index in [-0.39, 0.29) is 0 Å². The smallest absolute Gasteiger partial charge is 0.312 e. The van der Waals surface area contributed by atoms with Gasteiger partial charge in [-0.2, -0.15) is 0 Å². The number of nitrogens with one attached hydrogen (secondary N) is 1. The number of hydrogen-bond donors (Lipinski definition) is 2. The molecule has 110 valence electrons. The van der Waals surface area contributed by atoms with Crippen LogP contribution in [0, 0.1) is 5.92 Å². The SMILES string of the molecule is CN1CCC(CNCC(C(=O)O)c2ccccc2)CC1. The molecule has 0 aliphatic carbocycles. The van der Waals surface area contributed by atoms with Gasteiger partial charge in [0, 0.05) is 6.54 Å². The summed E-state index contributed by atoms with van der Waals surface area (Å²) in [5.74, 6) is -0.536. The fourth-order valence-electron chi connectivity index (χ4n) is 2.73. The van der Waals surface area contributed by atoms with Crippen molar-refractivity contribution in [1.82, 2.24) is 10.2 Å². The third kappa shape index (κ3) is 4.32. The van der Waals surface area contributed by atoms with Crippen molar-refractivity contribution in [1.29, 1.82) is 0 Å². The molecular formula is C16H24N2O2. The maximum absolute atomic E-state index is 11.4. The van der Waals surface area contributed by atoms with Crippen LogP contribution in [0.1, 0.15) is 24.3 Å². The molecule has 0 spiro atoms. The van der Waals surface area contributed by atoms with Crippen molar-refractivity contribution < 1.29 is 9.90 Å². The summed E-state index contributed by atoms with van der Waals surface area (Å²) in [5, 5.41) is 12.7. The van der Waals surface area contributed by atoms with Gasteiger partial charge in [0.15, 0.2) is 0 Å². The van der Waals surface area contributed by atoms with Gasteiger partial charge >= 0.3 is 5.97 Å². The lowest BCUT2D eigenvalue weighted by Crippen LogP contribution is -2.36. The molecule has 1 aliphatic heterocycles. The van der Waals surface area contributed by atoms with Crippen molar-refractivity contribution >= 4 is 5.97 Å². The average molecular weight is 276 g/mol. The number of piperidine rings is 1. The van der Waals surface area contributed by atoms with E-state index in [1.165, 1.54) is 12.8 Å². The van der Waals surface area contributed by atoms with Crippen LogP contribution in [0.4, 0.5) is 0 Å². The summed E-state index contributed by atoms with van der Waals surface area (Å²) in [5.41, 5.74) is 0.871. The largest absolute Gasteiger partial charge is 0.481 e. The molecule has 0 aromatic heterocycles. The van der Waals surface area contributed by atoms with Gasteiger partial charge in [0.2, 0.25) is 0 Å². The highest BCUT2D eigenvalue weighted by Gasteiger charge is 2.21. The van der Waals surface area contributed by atoms with E-state index in [0.29, 0.717) is 12.5 Å². The second-order valence-electron chi connectivity index (χ2n) is 5.71. The van der Waals surface area contributed by atoms with E-state index >= 15 is 0 Å². The van der Waals surface area contributed by atoms with Crippen molar-refractivity contribution in [2.75, 3.05) is 33.2 Å². The summed E-state index contributed by atoms with van der Waals surface area (Å²) in [6.07, 6.45) is 2.40. The summed E-state index contributed by atoms with van der Waals surface area (Å²) < 4.78 is 0. The molecule has 1 unspecified atom stereocenters. The molecule has 20 heavy (non-hydrogen) atoms. The summed E-state index contributed by atoms with van der Waals surface area (Å²) in [6.45, 7) is 3.72. The van der Waals surface area contributed by atoms with E-state index in [9.17, 15) is 9.90 Å². The number of carboxylic acid groups (broad SMARTS) is 1. The number of rotatable bonds is 6. The van der Waals surface area contributed by atoms with E-state index in [4.69, 9.17) is 0 Å². The minimum Gasteiger partial charge on any atom is -0.481 e. The summed E-state index contributed by atoms with van der Waals surface area (Å²) in [4.78, 5) is 13.7. The molecule has 2 N–H and O–H groups in total. The third-order valence-corrected chi connectivity index (χ3v) is 4.12. The zero-order valence-corrected chi connectivity index (χ0v) is 12.1. The van der Waals surface area contributed by atoms with Gasteiger partial charge in [0.05, 0.1) is 5.92 Å². The molecule has 1 saturated heterocycles. The van der Waals surface area contributed by atoms with Crippen LogP contribution in [-0.4, -0.2) is 49.2 Å². The number of nitrogens with zero attached hydrogens (tertiary/aromatic N) is 1. The molecule has 0 radical (unpaired) electrons. The number of carboxylic acids is 1. The second kappa shape index (κ2) is 7.41. The Morgan fingerprint density at radius 2 is 2.00 bits per heavy atom. The maximum Gasteiger partial charge on any atom is 0.312 e. The molecule has 1 fully saturated rings. The fraction of sp³-hybridized carbons (Fsp3) is 0.562. The molecule has 0 amide bonds. The number of hydrogen-bond acceptors (Lipinski definition) is 3. The maximum atomic E-state index is 11.4. The molecular weight excluding hydrogens is 252 g/mol. The first-order chi connectivity index (χ1) is 9.66. The van der Waals surface area contributed by atoms with Crippen LogP contribution in [0.15, 0.2) is 30.3 Å². The van der Waals surface area contributed by atoms with Crippen LogP contribution < -0.4 is 5.32 Å². The van der Waals surface area contributed by atoms with Gasteiger partial charge in [-0.3, -0.25) is 4.79 Å². The van der Waals surface area contributed by atoms with Crippen LogP contribution in [0.5, 0.6) is 0 Å². The Labute approximate surface area is 120 Å². The van der Waals surface area contributed by atoms with E-state index in [2.05, 4.69) is 17.3 Å². The Hall–Kier alpha value is -1.39. The van der Waals surface area contributed by atoms with Crippen LogP contribution in [0.25, 0.3) is 0 Å². The minimum absolute atomic E-state index is 0.456. The molecule has 4 nitrogen and oxygen atoms in total. The van der Waals surface area contributed by atoms with Crippen molar-refractivity contribution in [3.8, 4) is 0 Å². The van der Waals surface area contributed by atoms with E-state index < -0.39 is 11.9 Å². The first-order valence-electron chi connectivity index (χ1n) is 7.34. The Morgan fingerprint density at radius 1 is 1.35 bits per heavy atom. The molecule has 1 aliphatic rings. The third-order valence-electron chi connectivity index (χ3n) is 4.12. The lowest BCUT2D eigenvalue weighted by molar-refractivity contribution is -0.138. The molecule has 2 rings (SSSR count). The molecule has 1 heterocycles. The van der Waals surface area contributed by atoms with Gasteiger partial charge in [0.25, 0.3) is 0 Å². The Bertz CT molecular complexity index is 414. The van der Waals surface area contributed by atoms with Crippen LogP contribution in [0.2, 0.25) is 0 Å². The molecule has 0 saturated carbocycles. The van der Waals surface area contributed by atoms with Gasteiger partial charge in [-0.1, -0.05) is 30.3 Å². The Morgan fingerprint density at radius 3 is 2.60 bits per heavy atom. The zero-order valence-electron chi connectivity index (χ0n) is 12.1. The van der Waals surface area contributed by atoms with Gasteiger partial charge in [-0.25, -0.2) is 0 Å². The lowest BCUT2D eigenvalue weighted by Gasteiger charge is -2.29. The molecule has 0 bridgehead atoms. The van der Waals surface area contributed by atoms with E-state index in [1.807, 2.05) is 30.3 Å². The highest BCUT2D eigenvalue weighted by Crippen LogP contribution is 2.17. The highest BCUT2D eigenvalue weighted by molar-refractivity contribution is 5.76. The summed E-state index contributed by atoms with van der Waals surface area (Å²) in [7, 11) is 2.15. The predicted molar refractivity (Wildman–Crippen MR) is 79.9 cm³/mol. The first kappa shape index (κ1) is 15.0. The fourth-order valence-corrected chi connectivity index (χ4v) is 2.73. The van der Waals surface area contributed by atoms with Crippen LogP contribution in [0.3, 0.4) is 0 Å². The molecule has 4 heteroatoms. The highest BCUT2D eigenvalue weighted by atomic mass is 16.4. The monoisotopic (exact) mass is 276 g/mol. The van der Waals surface area contributed by atoms with Crippen molar-refractivity contribution in [3.63, 3.8) is 0 Å². The number of carbonyl (C=O) groups is 1. The van der Waals surface area contributed by atoms with E-state index in [0.717, 1.165) is 25.2 Å². The molecule has 1 aromatic rings. The van der Waals surface area contributed by atoms with E-state index in [1.54, 1.807) is 0 Å². The zero-order chi connectivity index (χ0) is 14.4. The standard InChI is InChI=1S/C16H24N2O2/c1-18-9-7-13(8-10-18)11-17-12-15(16(19)20)14-5-3-2-4-6-14/h2-6,13,15,17H,7-12H2,1H3,(H,19,20). The quantitative estimate of drug-likeness (QED) is 0.831. The molecule has 1 atom stereocenters. The van der Waals surface area contributed by atoms with Gasteiger partial charge < -0.3 is 15.3 Å². The number of aliphatic carboxylic acids is 1. The summed E-state index contributed by atoms with van der Waals surface area (Å²) in [6, 6.07) is 9.46. The average Bonchev–Trinajstić information content (AvgIpc) is 2.46. The first-order valence-corrected chi connectivity index (χ1v) is 7.34. The predicted octanol–water partition coefficient (Wildman–Crippen LogP) is 1.79. The Kier molecular flexibility index (Phi) is 5.56. The van der Waals surface area contributed by atoms with Crippen molar-refractivity contribution in [2.24, 2.45) is 5.92 Å². The van der Waals surface area contributed by atoms with Gasteiger partial charge in [0.1, 0.15) is 0 Å².